The van der Waals surface area contributed by atoms with Crippen molar-refractivity contribution in [1.29, 1.82) is 0 Å². The lowest BCUT2D eigenvalue weighted by molar-refractivity contribution is 0.502. The average molecular weight is 227 g/mol. The molecule has 17 heavy (non-hydrogen) atoms. The number of anilines is 1. The molecule has 1 aliphatic heterocycles. The van der Waals surface area contributed by atoms with Gasteiger partial charge in [-0.1, -0.05) is 12.1 Å². The van der Waals surface area contributed by atoms with Crippen LogP contribution in [0.15, 0.2) is 36.7 Å². The number of hydrogen-bond donors (Lipinski definition) is 1. The molecule has 0 bridgehead atoms. The first-order valence-electron chi connectivity index (χ1n) is 6.16. The summed E-state index contributed by atoms with van der Waals surface area (Å²) in [4.78, 5) is 6.67. The number of hydrogen-bond acceptors (Lipinski definition) is 3. The largest absolute Gasteiger partial charge is 0.366 e. The minimum atomic E-state index is 0.544. The number of aromatic nitrogens is 1. The first-order valence-corrected chi connectivity index (χ1v) is 6.16. The standard InChI is InChI=1S/C14H17N3/c1-11-9-16-7-8-17(11)14-4-2-3-12-10-15-6-5-13(12)14/h2-6,10-11,16H,7-9H2,1H3/t11-/m0/s1. The fourth-order valence-electron chi connectivity index (χ4n) is 2.55. The summed E-state index contributed by atoms with van der Waals surface area (Å²) < 4.78 is 0. The molecule has 1 saturated heterocycles. The zero-order valence-corrected chi connectivity index (χ0v) is 10.1. The van der Waals surface area contributed by atoms with Gasteiger partial charge >= 0.3 is 0 Å². The molecule has 1 aliphatic rings. The number of rotatable bonds is 1. The Bertz CT molecular complexity index is 518. The van der Waals surface area contributed by atoms with Gasteiger partial charge in [-0.3, -0.25) is 4.98 Å². The molecule has 3 rings (SSSR count). The van der Waals surface area contributed by atoms with Crippen molar-refractivity contribution in [3.63, 3.8) is 0 Å². The van der Waals surface area contributed by atoms with E-state index < -0.39 is 0 Å². The molecule has 1 fully saturated rings. The van der Waals surface area contributed by atoms with E-state index in [0.29, 0.717) is 6.04 Å². The molecular weight excluding hydrogens is 210 g/mol. The number of pyridine rings is 1. The zero-order chi connectivity index (χ0) is 11.7. The van der Waals surface area contributed by atoms with Gasteiger partial charge in [0.1, 0.15) is 0 Å². The van der Waals surface area contributed by atoms with Crippen molar-refractivity contribution in [2.24, 2.45) is 0 Å². The molecular formula is C14H17N3. The molecule has 2 aromatic rings. The Labute approximate surface area is 101 Å². The third-order valence-corrected chi connectivity index (χ3v) is 3.47. The van der Waals surface area contributed by atoms with E-state index in [-0.39, 0.29) is 0 Å². The van der Waals surface area contributed by atoms with Crippen LogP contribution in [0.3, 0.4) is 0 Å². The smallest absolute Gasteiger partial charge is 0.0450 e. The van der Waals surface area contributed by atoms with Gasteiger partial charge in [-0.15, -0.1) is 0 Å². The monoisotopic (exact) mass is 227 g/mol. The van der Waals surface area contributed by atoms with Gasteiger partial charge in [0.2, 0.25) is 0 Å². The highest BCUT2D eigenvalue weighted by Crippen LogP contribution is 2.27. The maximum Gasteiger partial charge on any atom is 0.0450 e. The van der Waals surface area contributed by atoms with E-state index in [9.17, 15) is 0 Å². The number of nitrogens with zero attached hydrogens (tertiary/aromatic N) is 2. The maximum atomic E-state index is 4.19. The predicted octanol–water partition coefficient (Wildman–Crippen LogP) is 2.03. The molecule has 3 nitrogen and oxygen atoms in total. The summed E-state index contributed by atoms with van der Waals surface area (Å²) in [7, 11) is 0. The van der Waals surface area contributed by atoms with Gasteiger partial charge < -0.3 is 10.2 Å². The lowest BCUT2D eigenvalue weighted by Gasteiger charge is -2.36. The van der Waals surface area contributed by atoms with Crippen LogP contribution < -0.4 is 10.2 Å². The van der Waals surface area contributed by atoms with Crippen LogP contribution in [0.2, 0.25) is 0 Å². The minimum absolute atomic E-state index is 0.544. The highest BCUT2D eigenvalue weighted by atomic mass is 15.2. The van der Waals surface area contributed by atoms with E-state index in [1.165, 1.54) is 16.5 Å². The lowest BCUT2D eigenvalue weighted by Crippen LogP contribution is -2.50. The van der Waals surface area contributed by atoms with E-state index in [1.54, 1.807) is 0 Å². The van der Waals surface area contributed by atoms with E-state index >= 15 is 0 Å². The third kappa shape index (κ3) is 1.87. The molecule has 0 unspecified atom stereocenters. The number of fused-ring (bicyclic) bond motifs is 1. The second-order valence-electron chi connectivity index (χ2n) is 4.62. The minimum Gasteiger partial charge on any atom is -0.366 e. The van der Waals surface area contributed by atoms with Crippen LogP contribution in [0, 0.1) is 0 Å². The Kier molecular flexibility index (Phi) is 2.69. The van der Waals surface area contributed by atoms with Gasteiger partial charge in [0.15, 0.2) is 0 Å². The van der Waals surface area contributed by atoms with E-state index in [4.69, 9.17) is 0 Å². The van der Waals surface area contributed by atoms with Crippen LogP contribution >= 0.6 is 0 Å². The van der Waals surface area contributed by atoms with E-state index in [2.05, 4.69) is 46.4 Å². The Morgan fingerprint density at radius 2 is 2.29 bits per heavy atom. The molecule has 1 aromatic heterocycles. The fraction of sp³-hybridized carbons (Fsp3) is 0.357. The molecule has 0 radical (unpaired) electrons. The number of piperazine rings is 1. The highest BCUT2D eigenvalue weighted by Gasteiger charge is 2.19. The highest BCUT2D eigenvalue weighted by molar-refractivity contribution is 5.93. The average Bonchev–Trinajstić information content (AvgIpc) is 2.39. The van der Waals surface area contributed by atoms with Crippen molar-refractivity contribution in [3.05, 3.63) is 36.7 Å². The summed E-state index contributed by atoms with van der Waals surface area (Å²) in [5.74, 6) is 0. The van der Waals surface area contributed by atoms with Gasteiger partial charge in [-0.25, -0.2) is 0 Å². The van der Waals surface area contributed by atoms with Gasteiger partial charge in [0.05, 0.1) is 0 Å². The van der Waals surface area contributed by atoms with Crippen molar-refractivity contribution >= 4 is 16.5 Å². The molecule has 1 N–H and O–H groups in total. The van der Waals surface area contributed by atoms with Crippen LogP contribution in [-0.2, 0) is 0 Å². The number of nitrogens with one attached hydrogen (secondary N) is 1. The van der Waals surface area contributed by atoms with Crippen LogP contribution in [0.25, 0.3) is 10.8 Å². The van der Waals surface area contributed by atoms with E-state index in [0.717, 1.165) is 19.6 Å². The van der Waals surface area contributed by atoms with Crippen LogP contribution in [0.1, 0.15) is 6.92 Å². The second kappa shape index (κ2) is 4.34. The van der Waals surface area contributed by atoms with Crippen LogP contribution in [0.4, 0.5) is 5.69 Å². The van der Waals surface area contributed by atoms with Crippen molar-refractivity contribution in [1.82, 2.24) is 10.3 Å². The molecule has 0 spiro atoms. The maximum absolute atomic E-state index is 4.19. The summed E-state index contributed by atoms with van der Waals surface area (Å²) >= 11 is 0. The molecule has 0 aliphatic carbocycles. The Balaban J connectivity index is 2.10. The van der Waals surface area contributed by atoms with E-state index in [1.807, 2.05) is 12.4 Å². The third-order valence-electron chi connectivity index (χ3n) is 3.47. The zero-order valence-electron chi connectivity index (χ0n) is 10.1. The van der Waals surface area contributed by atoms with Crippen molar-refractivity contribution in [2.45, 2.75) is 13.0 Å². The normalized spacial score (nSPS) is 20.8. The Morgan fingerprint density at radius 3 is 3.18 bits per heavy atom. The summed E-state index contributed by atoms with van der Waals surface area (Å²) in [5, 5.41) is 5.95. The fourth-order valence-corrected chi connectivity index (χ4v) is 2.55. The molecule has 0 saturated carbocycles. The Morgan fingerprint density at radius 1 is 1.35 bits per heavy atom. The molecule has 88 valence electrons. The molecule has 0 amide bonds. The van der Waals surface area contributed by atoms with Crippen LogP contribution in [0.5, 0.6) is 0 Å². The Hall–Kier alpha value is -1.61. The molecule has 3 heteroatoms. The molecule has 1 aromatic carbocycles. The predicted molar refractivity (Wildman–Crippen MR) is 71.4 cm³/mol. The second-order valence-corrected chi connectivity index (χ2v) is 4.62. The number of benzene rings is 1. The summed E-state index contributed by atoms with van der Waals surface area (Å²) in [5.41, 5.74) is 1.33. The summed E-state index contributed by atoms with van der Waals surface area (Å²) in [6.45, 7) is 5.46. The first kappa shape index (κ1) is 10.5. The van der Waals surface area contributed by atoms with Crippen molar-refractivity contribution < 1.29 is 0 Å². The molecule has 2 heterocycles. The SMILES string of the molecule is C[C@H]1CNCCN1c1cccc2cnccc12. The molecule has 1 atom stereocenters. The van der Waals surface area contributed by atoms with Crippen molar-refractivity contribution in [3.8, 4) is 0 Å². The quantitative estimate of drug-likeness (QED) is 0.808. The topological polar surface area (TPSA) is 28.2 Å². The van der Waals surface area contributed by atoms with Crippen molar-refractivity contribution in [2.75, 3.05) is 24.5 Å². The van der Waals surface area contributed by atoms with Gasteiger partial charge in [0.25, 0.3) is 0 Å². The van der Waals surface area contributed by atoms with Crippen LogP contribution in [-0.4, -0.2) is 30.7 Å². The first-order chi connectivity index (χ1) is 8.36. The summed E-state index contributed by atoms with van der Waals surface area (Å²) in [6.07, 6.45) is 3.81. The summed E-state index contributed by atoms with van der Waals surface area (Å²) in [6, 6.07) is 9.11. The van der Waals surface area contributed by atoms with Gasteiger partial charge in [-0.2, -0.15) is 0 Å². The lowest BCUT2D eigenvalue weighted by atomic mass is 10.1. The van der Waals surface area contributed by atoms with Gasteiger partial charge in [-0.05, 0) is 19.1 Å². The van der Waals surface area contributed by atoms with Gasteiger partial charge in [0, 0.05) is 54.5 Å².